The van der Waals surface area contributed by atoms with Crippen LogP contribution in [0.15, 0.2) is 89.2 Å². The topological polar surface area (TPSA) is 0 Å². The van der Waals surface area contributed by atoms with E-state index in [0.717, 1.165) is 17.6 Å². The van der Waals surface area contributed by atoms with Crippen molar-refractivity contribution in [2.75, 3.05) is 6.26 Å². The van der Waals surface area contributed by atoms with Gasteiger partial charge in [0.15, 0.2) is 0 Å². The van der Waals surface area contributed by atoms with Gasteiger partial charge in [-0.15, -0.1) is 0 Å². The minimum absolute atomic E-state index is 0.0156. The fourth-order valence-electron chi connectivity index (χ4n) is 3.96. The van der Waals surface area contributed by atoms with Gasteiger partial charge in [-0.1, -0.05) is 100 Å². The highest BCUT2D eigenvalue weighted by Gasteiger charge is 2.33. The number of benzene rings is 3. The Morgan fingerprint density at radius 2 is 1.27 bits per heavy atom. The van der Waals surface area contributed by atoms with Gasteiger partial charge in [-0.3, -0.25) is 0 Å². The fourth-order valence-corrected chi connectivity index (χ4v) is 5.46. The Kier molecular flexibility index (Phi) is 8.53. The summed E-state index contributed by atoms with van der Waals surface area (Å²) in [6, 6.07) is 26.4. The number of thioether (sulfide) groups is 1. The van der Waals surface area contributed by atoms with E-state index in [1.54, 1.807) is 11.8 Å². The highest BCUT2D eigenvalue weighted by molar-refractivity contribution is 8.00. The molecular formula is C30H36S3. The maximum absolute atomic E-state index is 4.83. The molecule has 0 bridgehead atoms. The molecule has 33 heavy (non-hydrogen) atoms. The molecule has 0 heterocycles. The van der Waals surface area contributed by atoms with E-state index < -0.39 is 0 Å². The van der Waals surface area contributed by atoms with Crippen molar-refractivity contribution in [3.05, 3.63) is 102 Å². The minimum atomic E-state index is -0.0156. The van der Waals surface area contributed by atoms with Crippen LogP contribution in [0.25, 0.3) is 5.57 Å². The first-order valence-electron chi connectivity index (χ1n) is 11.4. The van der Waals surface area contributed by atoms with Gasteiger partial charge < -0.3 is 0 Å². The molecular weight excluding hydrogens is 457 g/mol. The third-order valence-corrected chi connectivity index (χ3v) is 8.72. The molecule has 0 saturated heterocycles. The van der Waals surface area contributed by atoms with E-state index in [4.69, 9.17) is 12.6 Å². The Morgan fingerprint density at radius 3 is 1.73 bits per heavy atom. The predicted molar refractivity (Wildman–Crippen MR) is 154 cm³/mol. The normalized spacial score (nSPS) is 13.1. The number of aryl methyl sites for hydroxylation is 1. The van der Waals surface area contributed by atoms with Gasteiger partial charge in [-0.25, -0.2) is 0 Å². The second-order valence-corrected chi connectivity index (χ2v) is 13.7. The quantitative estimate of drug-likeness (QED) is 0.295. The van der Waals surface area contributed by atoms with Gasteiger partial charge in [0.25, 0.3) is 0 Å². The van der Waals surface area contributed by atoms with Gasteiger partial charge in [0.05, 0.1) is 0 Å². The zero-order valence-electron chi connectivity index (χ0n) is 20.7. The van der Waals surface area contributed by atoms with Crippen molar-refractivity contribution in [1.82, 2.24) is 0 Å². The molecule has 0 N–H and O–H groups in total. The number of hydrogen-bond acceptors (Lipinski definition) is 3. The summed E-state index contributed by atoms with van der Waals surface area (Å²) in [5.74, 6) is 0.431. The summed E-state index contributed by atoms with van der Waals surface area (Å²) in [6.45, 7) is 15.6. The molecule has 0 aliphatic carbocycles. The molecule has 174 valence electrons. The van der Waals surface area contributed by atoms with Crippen LogP contribution in [0.2, 0.25) is 0 Å². The third kappa shape index (κ3) is 7.21. The van der Waals surface area contributed by atoms with Crippen molar-refractivity contribution in [3.8, 4) is 0 Å². The van der Waals surface area contributed by atoms with Crippen LogP contribution < -0.4 is 0 Å². The van der Waals surface area contributed by atoms with E-state index in [9.17, 15) is 0 Å². The molecule has 0 fully saturated rings. The molecule has 0 aliphatic heterocycles. The fraction of sp³-hybridized carbons (Fsp3) is 0.333. The zero-order valence-corrected chi connectivity index (χ0v) is 23.2. The molecule has 0 aliphatic rings. The standard InChI is InChI=1S/C30H36S3/c1-21-8-16-26(17-9-21)33-27-18-14-24(15-19-27)22(2)23-10-12-25(13-11-23)28(20-29(3,4)31)30(5,6)32-7/h8-19,28,31H,2,20H2,1,3-7H3. The lowest BCUT2D eigenvalue weighted by atomic mass is 9.80. The van der Waals surface area contributed by atoms with Crippen LogP contribution >= 0.6 is 36.2 Å². The number of thiol groups is 1. The summed E-state index contributed by atoms with van der Waals surface area (Å²) in [7, 11) is 0. The molecule has 3 aromatic rings. The van der Waals surface area contributed by atoms with E-state index in [0.29, 0.717) is 5.92 Å². The zero-order chi connectivity index (χ0) is 24.2. The molecule has 0 nitrogen and oxygen atoms in total. The van der Waals surface area contributed by atoms with Crippen LogP contribution in [-0.4, -0.2) is 15.7 Å². The predicted octanol–water partition coefficient (Wildman–Crippen LogP) is 9.53. The molecule has 0 saturated carbocycles. The van der Waals surface area contributed by atoms with E-state index in [-0.39, 0.29) is 9.49 Å². The number of rotatable bonds is 9. The lowest BCUT2D eigenvalue weighted by Crippen LogP contribution is -2.30. The molecule has 0 radical (unpaired) electrons. The lowest BCUT2D eigenvalue weighted by molar-refractivity contribution is 0.462. The van der Waals surface area contributed by atoms with Crippen LogP contribution in [0.1, 0.15) is 62.3 Å². The first-order valence-corrected chi connectivity index (χ1v) is 13.9. The summed E-state index contributed by atoms with van der Waals surface area (Å²) in [5.41, 5.74) is 6.05. The Labute approximate surface area is 215 Å². The average Bonchev–Trinajstić information content (AvgIpc) is 2.78. The Balaban J connectivity index is 1.75. The summed E-state index contributed by atoms with van der Waals surface area (Å²) >= 11 is 8.55. The Bertz CT molecular complexity index is 1050. The highest BCUT2D eigenvalue weighted by Crippen LogP contribution is 2.44. The SMILES string of the molecule is C=C(c1ccc(Sc2ccc(C)cc2)cc1)c1ccc(C(CC(C)(C)S)C(C)(C)SC)cc1. The van der Waals surface area contributed by atoms with Crippen molar-refractivity contribution in [1.29, 1.82) is 0 Å². The lowest BCUT2D eigenvalue weighted by Gasteiger charge is -2.37. The molecule has 3 aromatic carbocycles. The van der Waals surface area contributed by atoms with Crippen molar-refractivity contribution >= 4 is 41.7 Å². The smallest absolute Gasteiger partial charge is 0.0169 e. The van der Waals surface area contributed by atoms with Crippen molar-refractivity contribution in [3.63, 3.8) is 0 Å². The van der Waals surface area contributed by atoms with E-state index in [1.807, 2.05) is 11.8 Å². The molecule has 0 aromatic heterocycles. The van der Waals surface area contributed by atoms with E-state index in [2.05, 4.69) is 120 Å². The first kappa shape index (κ1) is 26.1. The summed E-state index contributed by atoms with van der Waals surface area (Å²) in [6.07, 6.45) is 3.24. The monoisotopic (exact) mass is 492 g/mol. The van der Waals surface area contributed by atoms with Crippen LogP contribution in [0, 0.1) is 6.92 Å². The molecule has 3 rings (SSSR count). The van der Waals surface area contributed by atoms with Crippen molar-refractivity contribution < 1.29 is 0 Å². The first-order chi connectivity index (χ1) is 15.5. The van der Waals surface area contributed by atoms with Crippen LogP contribution in [0.3, 0.4) is 0 Å². The third-order valence-electron chi connectivity index (χ3n) is 6.19. The second kappa shape index (κ2) is 10.8. The second-order valence-electron chi connectivity index (χ2n) is 9.92. The van der Waals surface area contributed by atoms with Crippen molar-refractivity contribution in [2.45, 2.75) is 66.2 Å². The summed E-state index contributed by atoms with van der Waals surface area (Å²) in [4.78, 5) is 2.50. The van der Waals surface area contributed by atoms with Crippen molar-refractivity contribution in [2.24, 2.45) is 0 Å². The van der Waals surface area contributed by atoms with Gasteiger partial charge in [0, 0.05) is 19.3 Å². The maximum atomic E-state index is 4.83. The Hall–Kier alpha value is -1.55. The molecule has 0 amide bonds. The van der Waals surface area contributed by atoms with E-state index in [1.165, 1.54) is 26.5 Å². The van der Waals surface area contributed by atoms with Crippen LogP contribution in [-0.2, 0) is 0 Å². The molecule has 3 heteroatoms. The summed E-state index contributed by atoms with van der Waals surface area (Å²) < 4.78 is 0.127. The van der Waals surface area contributed by atoms with Gasteiger partial charge in [0.2, 0.25) is 0 Å². The van der Waals surface area contributed by atoms with Gasteiger partial charge in [-0.05, 0) is 72.0 Å². The largest absolute Gasteiger partial charge is 0.173 e. The minimum Gasteiger partial charge on any atom is -0.173 e. The molecule has 1 atom stereocenters. The summed E-state index contributed by atoms with van der Waals surface area (Å²) in [5, 5.41) is 0. The highest BCUT2D eigenvalue weighted by atomic mass is 32.2. The van der Waals surface area contributed by atoms with Gasteiger partial charge in [0.1, 0.15) is 0 Å². The van der Waals surface area contributed by atoms with Crippen LogP contribution in [0.4, 0.5) is 0 Å². The van der Waals surface area contributed by atoms with Gasteiger partial charge >= 0.3 is 0 Å². The maximum Gasteiger partial charge on any atom is 0.0169 e. The van der Waals surface area contributed by atoms with Gasteiger partial charge in [-0.2, -0.15) is 24.4 Å². The van der Waals surface area contributed by atoms with Crippen LogP contribution in [0.5, 0.6) is 0 Å². The number of hydrogen-bond donors (Lipinski definition) is 1. The average molecular weight is 493 g/mol. The molecule has 1 unspecified atom stereocenters. The Morgan fingerprint density at radius 1 is 0.818 bits per heavy atom. The molecule has 0 spiro atoms. The van der Waals surface area contributed by atoms with E-state index >= 15 is 0 Å².